The lowest BCUT2D eigenvalue weighted by atomic mass is 10.4. The van der Waals surface area contributed by atoms with E-state index in [9.17, 15) is 13.2 Å². The summed E-state index contributed by atoms with van der Waals surface area (Å²) in [4.78, 5) is 13.2. The van der Waals surface area contributed by atoms with Crippen molar-refractivity contribution in [3.8, 4) is 0 Å². The highest BCUT2D eigenvalue weighted by molar-refractivity contribution is 7.91. The van der Waals surface area contributed by atoms with E-state index in [2.05, 4.69) is 20.4 Å². The molecule has 1 N–H and O–H groups in total. The highest BCUT2D eigenvalue weighted by atomic mass is 32.2. The van der Waals surface area contributed by atoms with E-state index in [1.807, 2.05) is 0 Å². The maximum absolute atomic E-state index is 12.3. The third kappa shape index (κ3) is 4.19. The lowest BCUT2D eigenvalue weighted by Gasteiger charge is -2.19. The van der Waals surface area contributed by atoms with E-state index in [0.717, 1.165) is 24.4 Å². The zero-order valence-electron chi connectivity index (χ0n) is 12.1. The van der Waals surface area contributed by atoms with Crippen LogP contribution in [0.1, 0.15) is 19.8 Å². The largest absolute Gasteiger partial charge is 0.302 e. The summed E-state index contributed by atoms with van der Waals surface area (Å²) in [5.41, 5.74) is 0. The molecule has 1 aromatic heterocycles. The Morgan fingerprint density at radius 2 is 2.05 bits per heavy atom. The fraction of sp³-hybridized carbons (Fsp3) is 0.727. The van der Waals surface area contributed by atoms with Crippen molar-refractivity contribution in [3.63, 3.8) is 0 Å². The molecular formula is C11H19N5O3S2. The van der Waals surface area contributed by atoms with E-state index in [1.54, 1.807) is 0 Å². The maximum Gasteiger partial charge on any atom is 0.272 e. The Bertz CT molecular complexity index is 595. The van der Waals surface area contributed by atoms with E-state index in [-0.39, 0.29) is 15.4 Å². The first-order valence-corrected chi connectivity index (χ1v) is 8.95. The minimum absolute atomic E-state index is 0.102. The molecule has 0 unspecified atom stereocenters. The zero-order valence-corrected chi connectivity index (χ0v) is 13.7. The number of aromatic nitrogens is 2. The molecule has 1 amide bonds. The van der Waals surface area contributed by atoms with Crippen molar-refractivity contribution in [3.05, 3.63) is 0 Å². The van der Waals surface area contributed by atoms with Crippen molar-refractivity contribution in [1.29, 1.82) is 0 Å². The fourth-order valence-electron chi connectivity index (χ4n) is 2.06. The maximum atomic E-state index is 12.3. The molecule has 1 aromatic rings. The molecule has 0 radical (unpaired) electrons. The number of sulfonamides is 1. The molecule has 0 saturated carbocycles. The predicted octanol–water partition coefficient (Wildman–Crippen LogP) is 0.213. The van der Waals surface area contributed by atoms with Gasteiger partial charge < -0.3 is 10.2 Å². The van der Waals surface area contributed by atoms with Gasteiger partial charge in [-0.2, -0.15) is 4.31 Å². The average molecular weight is 333 g/mol. The molecule has 1 saturated heterocycles. The number of carbonyl (C=O) groups is 1. The molecule has 0 aliphatic carbocycles. The van der Waals surface area contributed by atoms with Gasteiger partial charge in [-0.05, 0) is 25.9 Å². The van der Waals surface area contributed by atoms with E-state index in [1.165, 1.54) is 31.1 Å². The van der Waals surface area contributed by atoms with Crippen molar-refractivity contribution < 1.29 is 13.2 Å². The molecule has 8 nitrogen and oxygen atoms in total. The molecule has 2 heterocycles. The number of likely N-dealkylation sites (tertiary alicyclic amines) is 1. The summed E-state index contributed by atoms with van der Waals surface area (Å²) in [6.45, 7) is 4.51. The first kappa shape index (κ1) is 16.3. The summed E-state index contributed by atoms with van der Waals surface area (Å²) in [6, 6.07) is 0. The standard InChI is InChI=1S/C11H19N5O3S2/c1-9(17)12-10-13-14-11(20-10)21(18,19)15(2)7-8-16-5-3-4-6-16/h3-8H2,1-2H3,(H,12,13,17). The van der Waals surface area contributed by atoms with Crippen LogP contribution in [0.4, 0.5) is 5.13 Å². The Morgan fingerprint density at radius 1 is 1.38 bits per heavy atom. The molecule has 21 heavy (non-hydrogen) atoms. The van der Waals surface area contributed by atoms with Gasteiger partial charge in [-0.25, -0.2) is 8.42 Å². The molecule has 0 bridgehead atoms. The van der Waals surface area contributed by atoms with Crippen LogP contribution in [0.5, 0.6) is 0 Å². The van der Waals surface area contributed by atoms with E-state index in [4.69, 9.17) is 0 Å². The van der Waals surface area contributed by atoms with Crippen LogP contribution in [-0.2, 0) is 14.8 Å². The first-order chi connectivity index (χ1) is 9.89. The lowest BCUT2D eigenvalue weighted by Crippen LogP contribution is -2.35. The minimum Gasteiger partial charge on any atom is -0.302 e. The highest BCUT2D eigenvalue weighted by Crippen LogP contribution is 2.22. The topological polar surface area (TPSA) is 95.5 Å². The quantitative estimate of drug-likeness (QED) is 0.748. The Kier molecular flexibility index (Phi) is 5.25. The van der Waals surface area contributed by atoms with Gasteiger partial charge in [0.2, 0.25) is 15.4 Å². The number of anilines is 1. The molecular weight excluding hydrogens is 314 g/mol. The van der Waals surface area contributed by atoms with Gasteiger partial charge in [0, 0.05) is 27.1 Å². The lowest BCUT2D eigenvalue weighted by molar-refractivity contribution is -0.114. The van der Waals surface area contributed by atoms with Crippen LogP contribution in [0.15, 0.2) is 4.34 Å². The molecule has 0 aromatic carbocycles. The van der Waals surface area contributed by atoms with Gasteiger partial charge in [0.25, 0.3) is 10.0 Å². The summed E-state index contributed by atoms with van der Waals surface area (Å²) < 4.78 is 25.9. The second-order valence-corrected chi connectivity index (χ2v) is 8.13. The molecule has 118 valence electrons. The van der Waals surface area contributed by atoms with Crippen molar-refractivity contribution in [2.75, 3.05) is 38.5 Å². The van der Waals surface area contributed by atoms with Crippen LogP contribution in [0.2, 0.25) is 0 Å². The molecule has 1 aliphatic rings. The number of carbonyl (C=O) groups excluding carboxylic acids is 1. The smallest absolute Gasteiger partial charge is 0.272 e. The van der Waals surface area contributed by atoms with Crippen LogP contribution in [0.25, 0.3) is 0 Å². The van der Waals surface area contributed by atoms with Crippen LogP contribution in [-0.4, -0.2) is 67.0 Å². The van der Waals surface area contributed by atoms with Gasteiger partial charge in [0.15, 0.2) is 0 Å². The number of nitrogens with one attached hydrogen (secondary N) is 1. The Morgan fingerprint density at radius 3 is 2.67 bits per heavy atom. The summed E-state index contributed by atoms with van der Waals surface area (Å²) in [6.07, 6.45) is 2.35. The number of hydrogen-bond acceptors (Lipinski definition) is 7. The van der Waals surface area contributed by atoms with Crippen LogP contribution in [0, 0.1) is 0 Å². The molecule has 1 fully saturated rings. The monoisotopic (exact) mass is 333 g/mol. The zero-order chi connectivity index (χ0) is 15.5. The summed E-state index contributed by atoms with van der Waals surface area (Å²) in [7, 11) is -2.11. The SMILES string of the molecule is CC(=O)Nc1nnc(S(=O)(=O)N(C)CCN2CCCC2)s1. The number of likely N-dealkylation sites (N-methyl/N-ethyl adjacent to an activating group) is 1. The number of amides is 1. The van der Waals surface area contributed by atoms with Gasteiger partial charge in [-0.15, -0.1) is 10.2 Å². The number of nitrogens with zero attached hydrogens (tertiary/aromatic N) is 4. The molecule has 2 rings (SSSR count). The van der Waals surface area contributed by atoms with E-state index < -0.39 is 10.0 Å². The van der Waals surface area contributed by atoms with E-state index >= 15 is 0 Å². The average Bonchev–Trinajstić information content (AvgIpc) is 3.06. The molecule has 0 atom stereocenters. The van der Waals surface area contributed by atoms with Gasteiger partial charge >= 0.3 is 0 Å². The van der Waals surface area contributed by atoms with Crippen molar-refractivity contribution in [2.24, 2.45) is 0 Å². The first-order valence-electron chi connectivity index (χ1n) is 6.69. The second kappa shape index (κ2) is 6.77. The van der Waals surface area contributed by atoms with Gasteiger partial charge in [-0.3, -0.25) is 4.79 Å². The van der Waals surface area contributed by atoms with Gasteiger partial charge in [0.1, 0.15) is 0 Å². The van der Waals surface area contributed by atoms with Crippen LogP contribution < -0.4 is 5.32 Å². The fourth-order valence-corrected chi connectivity index (χ4v) is 4.35. The minimum atomic E-state index is -3.65. The number of rotatable bonds is 6. The third-order valence-corrected chi connectivity index (χ3v) is 6.29. The molecule has 10 heteroatoms. The van der Waals surface area contributed by atoms with Crippen molar-refractivity contribution in [1.82, 2.24) is 19.4 Å². The summed E-state index contributed by atoms with van der Waals surface area (Å²) in [5.74, 6) is -0.308. The second-order valence-electron chi connectivity index (χ2n) is 4.93. The van der Waals surface area contributed by atoms with Crippen molar-refractivity contribution >= 4 is 32.4 Å². The normalized spacial score (nSPS) is 16.5. The number of hydrogen-bond donors (Lipinski definition) is 1. The van der Waals surface area contributed by atoms with Gasteiger partial charge in [0.05, 0.1) is 0 Å². The molecule has 1 aliphatic heterocycles. The predicted molar refractivity (Wildman–Crippen MR) is 79.7 cm³/mol. The van der Waals surface area contributed by atoms with E-state index in [0.29, 0.717) is 13.1 Å². The Balaban J connectivity index is 1.98. The van der Waals surface area contributed by atoms with Crippen LogP contribution in [0.3, 0.4) is 0 Å². The Hall–Kier alpha value is -1.10. The Labute approximate surface area is 128 Å². The highest BCUT2D eigenvalue weighted by Gasteiger charge is 2.26. The summed E-state index contributed by atoms with van der Waals surface area (Å²) >= 11 is 0.857. The third-order valence-electron chi connectivity index (χ3n) is 3.25. The summed E-state index contributed by atoms with van der Waals surface area (Å²) in [5, 5.41) is 9.93. The van der Waals surface area contributed by atoms with Gasteiger partial charge in [-0.1, -0.05) is 11.3 Å². The van der Waals surface area contributed by atoms with Crippen molar-refractivity contribution in [2.45, 2.75) is 24.1 Å². The molecule has 0 spiro atoms. The van der Waals surface area contributed by atoms with Crippen LogP contribution >= 0.6 is 11.3 Å².